The highest BCUT2D eigenvalue weighted by Gasteiger charge is 2.47. The monoisotopic (exact) mass is 909 g/mol. The summed E-state index contributed by atoms with van der Waals surface area (Å²) in [5.74, 6) is -1.00. The highest BCUT2D eigenvalue weighted by atomic mass is 16.7. The van der Waals surface area contributed by atoms with Crippen molar-refractivity contribution in [3.63, 3.8) is 0 Å². The van der Waals surface area contributed by atoms with Gasteiger partial charge in [0, 0.05) is 12.8 Å². The maximum Gasteiger partial charge on any atom is 0.306 e. The average molecular weight is 909 g/mol. The first-order valence-electron chi connectivity index (χ1n) is 23.5. The van der Waals surface area contributed by atoms with Crippen molar-refractivity contribution in [2.24, 2.45) is 0 Å². The summed E-state index contributed by atoms with van der Waals surface area (Å²) in [5, 5.41) is 71.9. The highest BCUT2D eigenvalue weighted by Crippen LogP contribution is 2.26. The van der Waals surface area contributed by atoms with Crippen LogP contribution in [-0.4, -0.2) is 142 Å². The normalized spacial score (nSPS) is 27.3. The third kappa shape index (κ3) is 24.5. The van der Waals surface area contributed by atoms with Gasteiger partial charge in [0.25, 0.3) is 0 Å². The number of allylic oxidation sites excluding steroid dienone is 12. The first-order valence-corrected chi connectivity index (χ1v) is 23.5. The zero-order chi connectivity index (χ0) is 46.8. The van der Waals surface area contributed by atoms with E-state index in [-0.39, 0.29) is 19.4 Å². The van der Waals surface area contributed by atoms with Crippen molar-refractivity contribution >= 4 is 11.9 Å². The van der Waals surface area contributed by atoms with Crippen molar-refractivity contribution in [2.75, 3.05) is 26.4 Å². The number of aliphatic hydroxyl groups is 7. The molecule has 15 heteroatoms. The van der Waals surface area contributed by atoms with Crippen LogP contribution in [0.3, 0.4) is 0 Å². The van der Waals surface area contributed by atoms with E-state index in [9.17, 15) is 45.3 Å². The SMILES string of the molecule is CC/C=C\C/C=C\C/C=C\C/C=C\CCCCC(=O)OC(COC(=O)CCCCCCC/C=C\C/C=C\CCC)COC1OC(COC2OC(CO)C(O)C(O)C2O)C(O)C(O)C1O. The minimum atomic E-state index is -1.78. The maximum atomic E-state index is 12.9. The van der Waals surface area contributed by atoms with Crippen molar-refractivity contribution in [1.82, 2.24) is 0 Å². The van der Waals surface area contributed by atoms with Crippen LogP contribution in [0, 0.1) is 0 Å². The van der Waals surface area contributed by atoms with Gasteiger partial charge in [0.2, 0.25) is 0 Å². The fourth-order valence-corrected chi connectivity index (χ4v) is 6.77. The third-order valence-corrected chi connectivity index (χ3v) is 10.6. The van der Waals surface area contributed by atoms with E-state index in [0.717, 1.165) is 89.9 Å². The van der Waals surface area contributed by atoms with Crippen LogP contribution in [0.1, 0.15) is 129 Å². The quantitative estimate of drug-likeness (QED) is 0.0241. The van der Waals surface area contributed by atoms with Gasteiger partial charge in [-0.1, -0.05) is 112 Å². The van der Waals surface area contributed by atoms with Gasteiger partial charge in [-0.2, -0.15) is 0 Å². The van der Waals surface area contributed by atoms with Crippen LogP contribution in [-0.2, 0) is 38.0 Å². The molecule has 0 saturated carbocycles. The number of esters is 2. The van der Waals surface area contributed by atoms with Crippen LogP contribution < -0.4 is 0 Å². The Labute approximate surface area is 381 Å². The molecule has 64 heavy (non-hydrogen) atoms. The maximum absolute atomic E-state index is 12.9. The summed E-state index contributed by atoms with van der Waals surface area (Å²) in [5.41, 5.74) is 0. The molecule has 11 atom stereocenters. The lowest BCUT2D eigenvalue weighted by Gasteiger charge is -2.42. The molecule has 2 rings (SSSR count). The molecule has 0 spiro atoms. The summed E-state index contributed by atoms with van der Waals surface area (Å²) in [7, 11) is 0. The number of hydrogen-bond donors (Lipinski definition) is 7. The van der Waals surface area contributed by atoms with Crippen molar-refractivity contribution in [3.8, 4) is 0 Å². The minimum absolute atomic E-state index is 0.106. The van der Waals surface area contributed by atoms with Crippen LogP contribution in [0.5, 0.6) is 0 Å². The Balaban J connectivity index is 1.88. The van der Waals surface area contributed by atoms with Gasteiger partial charge in [-0.3, -0.25) is 9.59 Å². The predicted octanol–water partition coefficient (Wildman–Crippen LogP) is 5.48. The number of carbonyl (C=O) groups is 2. The van der Waals surface area contributed by atoms with Gasteiger partial charge in [0.05, 0.1) is 19.8 Å². The van der Waals surface area contributed by atoms with Gasteiger partial charge < -0.3 is 64.2 Å². The smallest absolute Gasteiger partial charge is 0.306 e. The standard InChI is InChI=1S/C49H80O15/c1-3-5-7-9-11-13-15-17-18-20-22-24-26-28-30-32-41(52)62-37(34-59-40(51)31-29-27-25-23-21-19-16-14-12-10-8-6-4-2)35-60-48-47(58)45(56)43(54)39(64-48)36-61-49-46(57)44(55)42(53)38(33-50)63-49/h5,7-8,10-11,13-14,16-18,22,24,37-39,42-50,53-58H,3-4,6,9,12,15,19-21,23,25-36H2,1-2H3/b7-5-,10-8-,13-11-,16-14-,18-17-,24-22-. The van der Waals surface area contributed by atoms with Crippen molar-refractivity contribution in [3.05, 3.63) is 72.9 Å². The van der Waals surface area contributed by atoms with E-state index >= 15 is 0 Å². The van der Waals surface area contributed by atoms with Crippen molar-refractivity contribution in [2.45, 2.75) is 197 Å². The van der Waals surface area contributed by atoms with Gasteiger partial charge in [-0.15, -0.1) is 0 Å². The molecule has 2 heterocycles. The molecule has 366 valence electrons. The van der Waals surface area contributed by atoms with Crippen LogP contribution >= 0.6 is 0 Å². The molecule has 0 aromatic rings. The summed E-state index contributed by atoms with van der Waals surface area (Å²) in [6.45, 7) is 2.31. The fraction of sp³-hybridized carbons (Fsp3) is 0.714. The van der Waals surface area contributed by atoms with Gasteiger partial charge >= 0.3 is 11.9 Å². The summed E-state index contributed by atoms with van der Waals surface area (Å²) in [6.07, 6.45) is 23.7. The molecule has 0 radical (unpaired) electrons. The second-order valence-electron chi connectivity index (χ2n) is 16.2. The lowest BCUT2D eigenvalue weighted by Crippen LogP contribution is -2.61. The summed E-state index contributed by atoms with van der Waals surface area (Å²) in [4.78, 5) is 25.6. The molecule has 0 aromatic heterocycles. The van der Waals surface area contributed by atoms with Gasteiger partial charge in [0.15, 0.2) is 18.7 Å². The molecule has 11 unspecified atom stereocenters. The number of ether oxygens (including phenoxy) is 6. The van der Waals surface area contributed by atoms with E-state index in [2.05, 4.69) is 86.8 Å². The zero-order valence-electron chi connectivity index (χ0n) is 38.2. The van der Waals surface area contributed by atoms with E-state index in [0.29, 0.717) is 12.8 Å². The molecule has 7 N–H and O–H groups in total. The van der Waals surface area contributed by atoms with Crippen molar-refractivity contribution in [1.29, 1.82) is 0 Å². The van der Waals surface area contributed by atoms with E-state index in [4.69, 9.17) is 28.4 Å². The molecule has 0 aliphatic carbocycles. The van der Waals surface area contributed by atoms with Crippen molar-refractivity contribution < 1.29 is 73.8 Å². The Morgan fingerprint density at radius 1 is 0.516 bits per heavy atom. The lowest BCUT2D eigenvalue weighted by atomic mass is 9.98. The molecule has 0 bridgehead atoms. The third-order valence-electron chi connectivity index (χ3n) is 10.6. The molecule has 0 aromatic carbocycles. The molecule has 2 aliphatic rings. The number of aliphatic hydroxyl groups excluding tert-OH is 7. The van der Waals surface area contributed by atoms with E-state index in [1.807, 2.05) is 0 Å². The largest absolute Gasteiger partial charge is 0.462 e. The Bertz CT molecular complexity index is 1390. The summed E-state index contributed by atoms with van der Waals surface area (Å²) in [6, 6.07) is 0. The lowest BCUT2D eigenvalue weighted by molar-refractivity contribution is -0.332. The van der Waals surface area contributed by atoms with Crippen LogP contribution in [0.4, 0.5) is 0 Å². The highest BCUT2D eigenvalue weighted by molar-refractivity contribution is 5.70. The molecule has 2 fully saturated rings. The first-order chi connectivity index (χ1) is 31.0. The number of rotatable bonds is 34. The van der Waals surface area contributed by atoms with E-state index < -0.39 is 99.3 Å². The Kier molecular flexibility index (Phi) is 32.2. The van der Waals surface area contributed by atoms with Gasteiger partial charge in [-0.05, 0) is 77.0 Å². The Morgan fingerprint density at radius 3 is 1.58 bits per heavy atom. The van der Waals surface area contributed by atoms with Crippen LogP contribution in [0.15, 0.2) is 72.9 Å². The molecule has 0 amide bonds. The Morgan fingerprint density at radius 2 is 0.984 bits per heavy atom. The van der Waals surface area contributed by atoms with Crippen LogP contribution in [0.2, 0.25) is 0 Å². The topological polar surface area (TPSA) is 231 Å². The van der Waals surface area contributed by atoms with Gasteiger partial charge in [0.1, 0.15) is 55.4 Å². The molecular formula is C49H80O15. The number of unbranched alkanes of at least 4 members (excludes halogenated alkanes) is 8. The Hall–Kier alpha value is -3.06. The summed E-state index contributed by atoms with van der Waals surface area (Å²) < 4.78 is 33.4. The number of hydrogen-bond acceptors (Lipinski definition) is 15. The molecule has 2 saturated heterocycles. The second kappa shape index (κ2) is 36.1. The van der Waals surface area contributed by atoms with E-state index in [1.165, 1.54) is 0 Å². The van der Waals surface area contributed by atoms with Crippen LogP contribution in [0.25, 0.3) is 0 Å². The summed E-state index contributed by atoms with van der Waals surface area (Å²) >= 11 is 0. The average Bonchev–Trinajstić information content (AvgIpc) is 3.29. The minimum Gasteiger partial charge on any atom is -0.462 e. The predicted molar refractivity (Wildman–Crippen MR) is 242 cm³/mol. The fourth-order valence-electron chi connectivity index (χ4n) is 6.77. The first kappa shape index (κ1) is 57.1. The second-order valence-corrected chi connectivity index (χ2v) is 16.2. The van der Waals surface area contributed by atoms with E-state index in [1.54, 1.807) is 0 Å². The van der Waals surface area contributed by atoms with Gasteiger partial charge in [-0.25, -0.2) is 0 Å². The molecule has 2 aliphatic heterocycles. The zero-order valence-corrected chi connectivity index (χ0v) is 38.2. The molecular weight excluding hydrogens is 829 g/mol. The number of carbonyl (C=O) groups excluding carboxylic acids is 2. The molecule has 15 nitrogen and oxygen atoms in total.